The molecular weight excluding hydrogens is 357 g/mol. The molecule has 6 nitrogen and oxygen atoms in total. The molecule has 1 heterocycles. The topological polar surface area (TPSA) is 90.0 Å². The van der Waals surface area contributed by atoms with Gasteiger partial charge in [-0.1, -0.05) is 0 Å². The van der Waals surface area contributed by atoms with E-state index in [1.165, 1.54) is 0 Å². The minimum atomic E-state index is -4.55. The fourth-order valence-electron chi connectivity index (χ4n) is 1.68. The lowest BCUT2D eigenvalue weighted by Crippen LogP contribution is -2.37. The van der Waals surface area contributed by atoms with Gasteiger partial charge in [0.25, 0.3) is 5.56 Å². The predicted molar refractivity (Wildman–Crippen MR) is 73.8 cm³/mol. The summed E-state index contributed by atoms with van der Waals surface area (Å²) in [6.07, 6.45) is -3.48. The molecule has 0 spiro atoms. The van der Waals surface area contributed by atoms with Crippen LogP contribution in [-0.2, 0) is 11.3 Å². The molecule has 0 aliphatic carbocycles. The zero-order valence-electron chi connectivity index (χ0n) is 11.3. The van der Waals surface area contributed by atoms with Gasteiger partial charge in [-0.2, -0.15) is 18.3 Å². The first kappa shape index (κ1) is 17.5. The van der Waals surface area contributed by atoms with Crippen LogP contribution in [0, 0.1) is 0 Å². The zero-order valence-corrected chi connectivity index (χ0v) is 12.9. The Bertz CT molecular complexity index is 598. The van der Waals surface area contributed by atoms with Gasteiger partial charge < -0.3 is 11.1 Å². The standard InChI is InChI=1S/C11H14BrF3N4O2/c1-10(2,3-7(16)20)18-6-4-17-19(5-11(13,14)15)9(21)8(6)12/h4,18H,3,5H2,1-2H3,(H2,16,20). The molecule has 1 aromatic rings. The summed E-state index contributed by atoms with van der Waals surface area (Å²) in [6, 6.07) is 0. The molecule has 0 unspecified atom stereocenters. The maximum Gasteiger partial charge on any atom is 0.408 e. The average Bonchev–Trinajstić information content (AvgIpc) is 2.25. The number of carbonyl (C=O) groups is 1. The molecule has 10 heteroatoms. The van der Waals surface area contributed by atoms with E-state index in [4.69, 9.17) is 5.73 Å². The summed E-state index contributed by atoms with van der Waals surface area (Å²) < 4.78 is 37.1. The highest BCUT2D eigenvalue weighted by Gasteiger charge is 2.30. The maximum absolute atomic E-state index is 12.3. The fourth-order valence-corrected chi connectivity index (χ4v) is 2.09. The highest BCUT2D eigenvalue weighted by molar-refractivity contribution is 9.10. The van der Waals surface area contributed by atoms with E-state index >= 15 is 0 Å². The van der Waals surface area contributed by atoms with Crippen LogP contribution in [0.15, 0.2) is 15.5 Å². The molecule has 0 atom stereocenters. The number of alkyl halides is 3. The normalized spacial score (nSPS) is 12.3. The van der Waals surface area contributed by atoms with E-state index in [1.807, 2.05) is 0 Å². The minimum Gasteiger partial charge on any atom is -0.377 e. The number of hydrogen-bond donors (Lipinski definition) is 2. The molecule has 1 amide bonds. The molecule has 0 radical (unpaired) electrons. The van der Waals surface area contributed by atoms with Crippen molar-refractivity contribution in [2.75, 3.05) is 5.32 Å². The van der Waals surface area contributed by atoms with Gasteiger partial charge in [0.05, 0.1) is 11.9 Å². The Hall–Kier alpha value is -1.58. The third-order valence-electron chi connectivity index (χ3n) is 2.40. The molecule has 1 aromatic heterocycles. The highest BCUT2D eigenvalue weighted by atomic mass is 79.9. The van der Waals surface area contributed by atoms with Crippen molar-refractivity contribution in [2.24, 2.45) is 5.73 Å². The van der Waals surface area contributed by atoms with E-state index in [-0.39, 0.29) is 16.6 Å². The Balaban J connectivity index is 3.05. The van der Waals surface area contributed by atoms with E-state index in [1.54, 1.807) is 13.8 Å². The molecule has 0 aliphatic heterocycles. The largest absolute Gasteiger partial charge is 0.408 e. The van der Waals surface area contributed by atoms with Gasteiger partial charge in [-0.05, 0) is 29.8 Å². The summed E-state index contributed by atoms with van der Waals surface area (Å²) in [7, 11) is 0. The molecule has 0 saturated heterocycles. The Kier molecular flexibility index (Phi) is 5.03. The summed E-state index contributed by atoms with van der Waals surface area (Å²) in [5.41, 5.74) is 3.58. The van der Waals surface area contributed by atoms with E-state index in [9.17, 15) is 22.8 Å². The maximum atomic E-state index is 12.3. The number of rotatable bonds is 5. The predicted octanol–water partition coefficient (Wildman–Crippen LogP) is 1.63. The molecule has 0 aromatic carbocycles. The first-order chi connectivity index (χ1) is 9.41. The van der Waals surface area contributed by atoms with E-state index in [2.05, 4.69) is 26.3 Å². The highest BCUT2D eigenvalue weighted by Crippen LogP contribution is 2.23. The van der Waals surface area contributed by atoms with Crippen molar-refractivity contribution in [1.82, 2.24) is 9.78 Å². The van der Waals surface area contributed by atoms with Gasteiger partial charge in [0.1, 0.15) is 11.0 Å². The van der Waals surface area contributed by atoms with Gasteiger partial charge in [-0.15, -0.1) is 0 Å². The number of anilines is 1. The Morgan fingerprint density at radius 2 is 2.05 bits per heavy atom. The molecule has 1 rings (SSSR count). The SMILES string of the molecule is CC(C)(CC(N)=O)Nc1cnn(CC(F)(F)F)c(=O)c1Br. The second-order valence-electron chi connectivity index (χ2n) is 5.10. The number of aromatic nitrogens is 2. The second kappa shape index (κ2) is 6.04. The van der Waals surface area contributed by atoms with Crippen LogP contribution < -0.4 is 16.6 Å². The lowest BCUT2D eigenvalue weighted by molar-refractivity contribution is -0.143. The monoisotopic (exact) mass is 370 g/mol. The first-order valence-corrected chi connectivity index (χ1v) is 6.59. The molecule has 3 N–H and O–H groups in total. The van der Waals surface area contributed by atoms with Crippen molar-refractivity contribution in [2.45, 2.75) is 38.5 Å². The molecule has 0 saturated carbocycles. The van der Waals surface area contributed by atoms with E-state index < -0.39 is 29.7 Å². The molecule has 0 fully saturated rings. The summed E-state index contributed by atoms with van der Waals surface area (Å²) in [5.74, 6) is -0.554. The number of carbonyl (C=O) groups excluding carboxylic acids is 1. The fraction of sp³-hybridized carbons (Fsp3) is 0.545. The van der Waals surface area contributed by atoms with Crippen molar-refractivity contribution in [3.8, 4) is 0 Å². The molecule has 0 bridgehead atoms. The van der Waals surface area contributed by atoms with Crippen LogP contribution in [0.25, 0.3) is 0 Å². The lowest BCUT2D eigenvalue weighted by Gasteiger charge is -2.26. The van der Waals surface area contributed by atoms with E-state index in [0.29, 0.717) is 4.68 Å². The quantitative estimate of drug-likeness (QED) is 0.824. The Morgan fingerprint density at radius 1 is 1.48 bits per heavy atom. The van der Waals surface area contributed by atoms with Crippen molar-refractivity contribution >= 4 is 27.5 Å². The molecule has 118 valence electrons. The van der Waals surface area contributed by atoms with Crippen LogP contribution in [0.1, 0.15) is 20.3 Å². The minimum absolute atomic E-state index is 0.0227. The van der Waals surface area contributed by atoms with Crippen LogP contribution >= 0.6 is 15.9 Å². The van der Waals surface area contributed by atoms with Crippen LogP contribution in [0.2, 0.25) is 0 Å². The number of nitrogens with one attached hydrogen (secondary N) is 1. The van der Waals surface area contributed by atoms with E-state index in [0.717, 1.165) is 6.20 Å². The number of nitrogens with zero attached hydrogens (tertiary/aromatic N) is 2. The van der Waals surface area contributed by atoms with Gasteiger partial charge in [-0.25, -0.2) is 4.68 Å². The summed E-state index contributed by atoms with van der Waals surface area (Å²) in [4.78, 5) is 22.7. The Morgan fingerprint density at radius 3 is 2.52 bits per heavy atom. The molecular formula is C11H14BrF3N4O2. The number of hydrogen-bond acceptors (Lipinski definition) is 4. The lowest BCUT2D eigenvalue weighted by atomic mass is 10.00. The van der Waals surface area contributed by atoms with Gasteiger partial charge in [-0.3, -0.25) is 9.59 Å². The first-order valence-electron chi connectivity index (χ1n) is 5.80. The van der Waals surface area contributed by atoms with Gasteiger partial charge in [0.15, 0.2) is 0 Å². The number of halogens is 4. The smallest absolute Gasteiger partial charge is 0.377 e. The average molecular weight is 371 g/mol. The van der Waals surface area contributed by atoms with Crippen molar-refractivity contribution in [1.29, 1.82) is 0 Å². The van der Waals surface area contributed by atoms with Crippen LogP contribution in [0.4, 0.5) is 18.9 Å². The summed E-state index contributed by atoms with van der Waals surface area (Å²) in [6.45, 7) is 1.84. The number of nitrogens with two attached hydrogens (primary N) is 1. The van der Waals surface area contributed by atoms with Gasteiger partial charge in [0.2, 0.25) is 5.91 Å². The van der Waals surface area contributed by atoms with Crippen molar-refractivity contribution < 1.29 is 18.0 Å². The second-order valence-corrected chi connectivity index (χ2v) is 5.90. The van der Waals surface area contributed by atoms with Crippen LogP contribution in [0.3, 0.4) is 0 Å². The number of primary amides is 1. The zero-order chi connectivity index (χ0) is 16.4. The third-order valence-corrected chi connectivity index (χ3v) is 3.17. The third kappa shape index (κ3) is 5.37. The van der Waals surface area contributed by atoms with Crippen molar-refractivity contribution in [3.05, 3.63) is 21.0 Å². The van der Waals surface area contributed by atoms with Gasteiger partial charge in [0, 0.05) is 12.0 Å². The molecule has 0 aliphatic rings. The molecule has 21 heavy (non-hydrogen) atoms. The Labute approximate surface area is 126 Å². The van der Waals surface area contributed by atoms with Crippen LogP contribution in [-0.4, -0.2) is 27.4 Å². The van der Waals surface area contributed by atoms with Crippen LogP contribution in [0.5, 0.6) is 0 Å². The van der Waals surface area contributed by atoms with Gasteiger partial charge >= 0.3 is 6.18 Å². The van der Waals surface area contributed by atoms with Crippen molar-refractivity contribution in [3.63, 3.8) is 0 Å². The summed E-state index contributed by atoms with van der Waals surface area (Å²) in [5, 5.41) is 6.31. The number of amides is 1. The summed E-state index contributed by atoms with van der Waals surface area (Å²) >= 11 is 2.94.